The molecule has 2 aromatic rings. The Balaban J connectivity index is 2.19. The zero-order valence-corrected chi connectivity index (χ0v) is 10.1. The average molecular weight is 245 g/mol. The van der Waals surface area contributed by atoms with Crippen molar-refractivity contribution in [3.05, 3.63) is 50.1 Å². The third kappa shape index (κ3) is 2.55. The van der Waals surface area contributed by atoms with Gasteiger partial charge in [-0.25, -0.2) is 0 Å². The fourth-order valence-electron chi connectivity index (χ4n) is 1.58. The lowest BCUT2D eigenvalue weighted by Gasteiger charge is -2.09. The standard InChI is InChI=1S/C12H11N3OS/c1-8-3-2-4-9(5-13)11(8)14-6-10-7-17-12(16)15-10/h2-4,7,14H,6H2,1H3,(H,15,16). The fraction of sp³-hybridized carbons (Fsp3) is 0.167. The normalized spacial score (nSPS) is 9.88. The molecule has 1 aromatic heterocycles. The molecule has 0 bridgehead atoms. The van der Waals surface area contributed by atoms with E-state index in [1.54, 1.807) is 11.4 Å². The van der Waals surface area contributed by atoms with Gasteiger partial charge < -0.3 is 10.3 Å². The molecule has 0 unspecified atom stereocenters. The lowest BCUT2D eigenvalue weighted by atomic mass is 10.1. The number of aromatic amines is 1. The van der Waals surface area contributed by atoms with Crippen molar-refractivity contribution in [3.63, 3.8) is 0 Å². The topological polar surface area (TPSA) is 68.7 Å². The Labute approximate surface area is 103 Å². The number of anilines is 1. The number of nitrogens with one attached hydrogen (secondary N) is 2. The molecule has 0 amide bonds. The van der Waals surface area contributed by atoms with Crippen LogP contribution in [0.5, 0.6) is 0 Å². The van der Waals surface area contributed by atoms with Crippen molar-refractivity contribution in [3.8, 4) is 6.07 Å². The van der Waals surface area contributed by atoms with Crippen molar-refractivity contribution in [2.24, 2.45) is 0 Å². The Hall–Kier alpha value is -2.06. The molecule has 0 aliphatic carbocycles. The molecule has 0 aliphatic rings. The van der Waals surface area contributed by atoms with Crippen LogP contribution in [0, 0.1) is 18.3 Å². The van der Waals surface area contributed by atoms with Gasteiger partial charge in [0.15, 0.2) is 0 Å². The smallest absolute Gasteiger partial charge is 0.304 e. The van der Waals surface area contributed by atoms with Crippen molar-refractivity contribution < 1.29 is 0 Å². The number of H-pyrrole nitrogens is 1. The number of nitrogens with zero attached hydrogens (tertiary/aromatic N) is 1. The summed E-state index contributed by atoms with van der Waals surface area (Å²) in [7, 11) is 0. The number of aryl methyl sites for hydroxylation is 1. The van der Waals surface area contributed by atoms with Gasteiger partial charge in [-0.15, -0.1) is 0 Å². The summed E-state index contributed by atoms with van der Waals surface area (Å²) >= 11 is 1.14. The van der Waals surface area contributed by atoms with E-state index >= 15 is 0 Å². The van der Waals surface area contributed by atoms with Gasteiger partial charge in [0.2, 0.25) is 0 Å². The Kier molecular flexibility index (Phi) is 3.26. The molecule has 5 heteroatoms. The first kappa shape index (κ1) is 11.4. The maximum absolute atomic E-state index is 11.0. The summed E-state index contributed by atoms with van der Waals surface area (Å²) in [6, 6.07) is 7.71. The van der Waals surface area contributed by atoms with Crippen molar-refractivity contribution in [2.75, 3.05) is 5.32 Å². The molecular formula is C12H11N3OS. The molecule has 4 nitrogen and oxygen atoms in total. The zero-order chi connectivity index (χ0) is 12.3. The number of para-hydroxylation sites is 1. The molecule has 1 heterocycles. The molecular weight excluding hydrogens is 234 g/mol. The van der Waals surface area contributed by atoms with Crippen LogP contribution in [0.4, 0.5) is 5.69 Å². The van der Waals surface area contributed by atoms with Gasteiger partial charge in [0.1, 0.15) is 6.07 Å². The Morgan fingerprint density at radius 2 is 2.35 bits per heavy atom. The molecule has 0 fully saturated rings. The highest BCUT2D eigenvalue weighted by molar-refractivity contribution is 7.07. The van der Waals surface area contributed by atoms with Crippen molar-refractivity contribution >= 4 is 17.0 Å². The van der Waals surface area contributed by atoms with E-state index in [4.69, 9.17) is 5.26 Å². The number of benzene rings is 1. The summed E-state index contributed by atoms with van der Waals surface area (Å²) in [4.78, 5) is 13.6. The van der Waals surface area contributed by atoms with Crippen molar-refractivity contribution in [1.82, 2.24) is 4.98 Å². The second kappa shape index (κ2) is 4.85. The maximum atomic E-state index is 11.0. The SMILES string of the molecule is Cc1cccc(C#N)c1NCc1csc(=O)[nH]1. The highest BCUT2D eigenvalue weighted by Crippen LogP contribution is 2.20. The molecule has 0 aliphatic heterocycles. The van der Waals surface area contributed by atoms with Crippen molar-refractivity contribution in [2.45, 2.75) is 13.5 Å². The predicted molar refractivity (Wildman–Crippen MR) is 68.2 cm³/mol. The molecule has 2 N–H and O–H groups in total. The average Bonchev–Trinajstić information content (AvgIpc) is 2.73. The fourth-order valence-corrected chi connectivity index (χ4v) is 2.16. The number of hydrogen-bond acceptors (Lipinski definition) is 4. The van der Waals surface area contributed by atoms with Gasteiger partial charge in [-0.1, -0.05) is 23.5 Å². The number of hydrogen-bond donors (Lipinski definition) is 2. The largest absolute Gasteiger partial charge is 0.378 e. The molecule has 2 rings (SSSR count). The third-order valence-corrected chi connectivity index (χ3v) is 3.14. The number of rotatable bonds is 3. The van der Waals surface area contributed by atoms with Crippen LogP contribution in [0.25, 0.3) is 0 Å². The van der Waals surface area contributed by atoms with E-state index in [1.807, 2.05) is 19.1 Å². The molecule has 0 saturated heterocycles. The number of thiazole rings is 1. The van der Waals surface area contributed by atoms with Crippen LogP contribution in [0.2, 0.25) is 0 Å². The highest BCUT2D eigenvalue weighted by Gasteiger charge is 2.05. The van der Waals surface area contributed by atoms with E-state index in [0.29, 0.717) is 12.1 Å². The van der Waals surface area contributed by atoms with Gasteiger partial charge in [0.05, 0.1) is 17.8 Å². The summed E-state index contributed by atoms with van der Waals surface area (Å²) < 4.78 is 0. The van der Waals surface area contributed by atoms with Crippen LogP contribution in [0.15, 0.2) is 28.4 Å². The van der Waals surface area contributed by atoms with Crippen LogP contribution in [-0.4, -0.2) is 4.98 Å². The second-order valence-electron chi connectivity index (χ2n) is 3.64. The zero-order valence-electron chi connectivity index (χ0n) is 9.28. The number of aromatic nitrogens is 1. The maximum Gasteiger partial charge on any atom is 0.304 e. The Morgan fingerprint density at radius 1 is 1.53 bits per heavy atom. The first-order valence-electron chi connectivity index (χ1n) is 5.11. The lowest BCUT2D eigenvalue weighted by molar-refractivity contribution is 1.05. The second-order valence-corrected chi connectivity index (χ2v) is 4.48. The molecule has 1 aromatic carbocycles. The first-order valence-corrected chi connectivity index (χ1v) is 5.99. The van der Waals surface area contributed by atoms with E-state index in [2.05, 4.69) is 16.4 Å². The highest BCUT2D eigenvalue weighted by atomic mass is 32.1. The summed E-state index contributed by atoms with van der Waals surface area (Å²) in [5.74, 6) is 0. The summed E-state index contributed by atoms with van der Waals surface area (Å²) in [5, 5.41) is 14.0. The monoisotopic (exact) mass is 245 g/mol. The minimum Gasteiger partial charge on any atom is -0.378 e. The summed E-state index contributed by atoms with van der Waals surface area (Å²) in [5.41, 5.74) is 3.28. The van der Waals surface area contributed by atoms with Crippen LogP contribution in [-0.2, 0) is 6.54 Å². The Morgan fingerprint density at radius 3 is 3.00 bits per heavy atom. The third-order valence-electron chi connectivity index (χ3n) is 2.42. The molecule has 86 valence electrons. The van der Waals surface area contributed by atoms with Gasteiger partial charge in [-0.05, 0) is 18.6 Å². The minimum atomic E-state index is -0.0629. The molecule has 0 spiro atoms. The van der Waals surface area contributed by atoms with Gasteiger partial charge in [-0.3, -0.25) is 4.79 Å². The van der Waals surface area contributed by atoms with E-state index < -0.39 is 0 Å². The molecule has 0 saturated carbocycles. The van der Waals surface area contributed by atoms with Crippen LogP contribution < -0.4 is 10.2 Å². The van der Waals surface area contributed by atoms with Gasteiger partial charge in [-0.2, -0.15) is 5.26 Å². The molecule has 0 radical (unpaired) electrons. The van der Waals surface area contributed by atoms with Crippen LogP contribution in [0.3, 0.4) is 0 Å². The van der Waals surface area contributed by atoms with E-state index in [1.165, 1.54) is 0 Å². The van der Waals surface area contributed by atoms with Gasteiger partial charge >= 0.3 is 4.87 Å². The summed E-state index contributed by atoms with van der Waals surface area (Å²) in [6.45, 7) is 2.46. The quantitative estimate of drug-likeness (QED) is 0.871. The number of nitriles is 1. The minimum absolute atomic E-state index is 0.0629. The van der Waals surface area contributed by atoms with E-state index in [9.17, 15) is 4.79 Å². The molecule has 0 atom stereocenters. The molecule has 17 heavy (non-hydrogen) atoms. The van der Waals surface area contributed by atoms with Crippen LogP contribution >= 0.6 is 11.3 Å². The predicted octanol–water partition coefficient (Wildman–Crippen LogP) is 2.23. The van der Waals surface area contributed by atoms with Crippen molar-refractivity contribution in [1.29, 1.82) is 5.26 Å². The van der Waals surface area contributed by atoms with E-state index in [-0.39, 0.29) is 4.87 Å². The van der Waals surface area contributed by atoms with E-state index in [0.717, 1.165) is 28.3 Å². The first-order chi connectivity index (χ1) is 8.20. The summed E-state index contributed by atoms with van der Waals surface area (Å²) in [6.07, 6.45) is 0. The van der Waals surface area contributed by atoms with Crippen LogP contribution in [0.1, 0.15) is 16.8 Å². The van der Waals surface area contributed by atoms with Gasteiger partial charge in [0, 0.05) is 11.1 Å². The van der Waals surface area contributed by atoms with Gasteiger partial charge in [0.25, 0.3) is 0 Å². The Bertz CT molecular complexity index is 621. The lowest BCUT2D eigenvalue weighted by Crippen LogP contribution is -2.05.